The van der Waals surface area contributed by atoms with Crippen molar-refractivity contribution >= 4 is 22.7 Å². The Kier molecular flexibility index (Phi) is 5.71. The van der Waals surface area contributed by atoms with Crippen LogP contribution in [-0.2, 0) is 4.79 Å². The van der Waals surface area contributed by atoms with Gasteiger partial charge in [-0.1, -0.05) is 13.8 Å². The lowest BCUT2D eigenvalue weighted by atomic mass is 10.1. The maximum Gasteiger partial charge on any atom is 0.387 e. The molecule has 1 aromatic carbocycles. The van der Waals surface area contributed by atoms with Crippen LogP contribution in [0.2, 0.25) is 0 Å². The van der Waals surface area contributed by atoms with E-state index in [4.69, 9.17) is 0 Å². The third-order valence-electron chi connectivity index (χ3n) is 4.40. The zero-order chi connectivity index (χ0) is 20.4. The van der Waals surface area contributed by atoms with E-state index in [0.717, 1.165) is 12.1 Å². The first-order valence-electron chi connectivity index (χ1n) is 8.88. The number of amides is 2. The molecule has 9 heteroatoms. The van der Waals surface area contributed by atoms with E-state index < -0.39 is 30.1 Å². The number of fused-ring (bicyclic) bond motifs is 1. The van der Waals surface area contributed by atoms with Crippen molar-refractivity contribution in [1.29, 1.82) is 0 Å². The van der Waals surface area contributed by atoms with Gasteiger partial charge in [-0.2, -0.15) is 8.78 Å². The molecule has 2 heterocycles. The molecule has 6 nitrogen and oxygen atoms in total. The molecule has 1 N–H and O–H groups in total. The molecule has 0 bridgehead atoms. The SMILES string of the molecule is CC(C)CN1CC[C@H](NC(=O)c2cnc3cc(OC(F)F)c(F)cc3c2)C1=O. The van der Waals surface area contributed by atoms with Gasteiger partial charge < -0.3 is 15.0 Å². The molecule has 1 aliphatic rings. The lowest BCUT2D eigenvalue weighted by Crippen LogP contribution is -2.42. The summed E-state index contributed by atoms with van der Waals surface area (Å²) in [6, 6.07) is 2.80. The molecule has 0 spiro atoms. The molecular weight excluding hydrogens is 375 g/mol. The largest absolute Gasteiger partial charge is 0.432 e. The van der Waals surface area contributed by atoms with Crippen molar-refractivity contribution in [3.63, 3.8) is 0 Å². The van der Waals surface area contributed by atoms with Crippen molar-refractivity contribution in [3.05, 3.63) is 35.8 Å². The van der Waals surface area contributed by atoms with Crippen LogP contribution in [0.3, 0.4) is 0 Å². The van der Waals surface area contributed by atoms with Crippen molar-refractivity contribution in [2.75, 3.05) is 13.1 Å². The number of nitrogens with zero attached hydrogens (tertiary/aromatic N) is 2. The number of carbonyl (C=O) groups is 2. The van der Waals surface area contributed by atoms with Crippen molar-refractivity contribution in [2.24, 2.45) is 5.92 Å². The van der Waals surface area contributed by atoms with Crippen molar-refractivity contribution in [1.82, 2.24) is 15.2 Å². The number of hydrogen-bond acceptors (Lipinski definition) is 4. The molecule has 0 radical (unpaired) electrons. The maximum atomic E-state index is 13.9. The van der Waals surface area contributed by atoms with E-state index in [1.807, 2.05) is 13.8 Å². The van der Waals surface area contributed by atoms with Crippen LogP contribution in [0, 0.1) is 11.7 Å². The van der Waals surface area contributed by atoms with E-state index >= 15 is 0 Å². The van der Waals surface area contributed by atoms with Crippen molar-refractivity contribution in [2.45, 2.75) is 32.9 Å². The van der Waals surface area contributed by atoms with E-state index in [2.05, 4.69) is 15.0 Å². The van der Waals surface area contributed by atoms with Crippen LogP contribution in [0.1, 0.15) is 30.6 Å². The second-order valence-corrected chi connectivity index (χ2v) is 7.07. The molecule has 1 aromatic heterocycles. The topological polar surface area (TPSA) is 71.5 Å². The lowest BCUT2D eigenvalue weighted by molar-refractivity contribution is -0.129. The number of carbonyl (C=O) groups excluding carboxylic acids is 2. The number of likely N-dealkylation sites (tertiary alicyclic amines) is 1. The summed E-state index contributed by atoms with van der Waals surface area (Å²) in [5.74, 6) is -1.91. The monoisotopic (exact) mass is 395 g/mol. The second-order valence-electron chi connectivity index (χ2n) is 7.07. The molecule has 2 aromatic rings. The Balaban J connectivity index is 1.74. The highest BCUT2D eigenvalue weighted by molar-refractivity contribution is 6.00. The molecule has 1 atom stereocenters. The normalized spacial score (nSPS) is 17.0. The Morgan fingerprint density at radius 2 is 2.11 bits per heavy atom. The van der Waals surface area contributed by atoms with E-state index in [9.17, 15) is 22.8 Å². The molecule has 2 amide bonds. The number of ether oxygens (including phenoxy) is 1. The number of benzene rings is 1. The first kappa shape index (κ1) is 19.9. The average molecular weight is 395 g/mol. The fourth-order valence-corrected chi connectivity index (χ4v) is 3.18. The van der Waals surface area contributed by atoms with Gasteiger partial charge in [-0.3, -0.25) is 14.6 Å². The summed E-state index contributed by atoms with van der Waals surface area (Å²) in [5.41, 5.74) is 0.346. The third-order valence-corrected chi connectivity index (χ3v) is 4.40. The van der Waals surface area contributed by atoms with Crippen LogP contribution in [0.15, 0.2) is 24.4 Å². The van der Waals surface area contributed by atoms with Gasteiger partial charge >= 0.3 is 6.61 Å². The Morgan fingerprint density at radius 3 is 2.79 bits per heavy atom. The lowest BCUT2D eigenvalue weighted by Gasteiger charge is -2.19. The van der Waals surface area contributed by atoms with Gasteiger partial charge in [0.15, 0.2) is 11.6 Å². The fraction of sp³-hybridized carbons (Fsp3) is 0.421. The van der Waals surface area contributed by atoms with E-state index in [0.29, 0.717) is 25.4 Å². The predicted molar refractivity (Wildman–Crippen MR) is 95.6 cm³/mol. The molecule has 1 saturated heterocycles. The Hall–Kier alpha value is -2.84. The van der Waals surface area contributed by atoms with Gasteiger partial charge in [0.05, 0.1) is 11.1 Å². The Morgan fingerprint density at radius 1 is 1.36 bits per heavy atom. The van der Waals surface area contributed by atoms with Crippen LogP contribution < -0.4 is 10.1 Å². The van der Waals surface area contributed by atoms with Gasteiger partial charge in [-0.15, -0.1) is 0 Å². The highest BCUT2D eigenvalue weighted by Crippen LogP contribution is 2.25. The molecule has 1 fully saturated rings. The zero-order valence-corrected chi connectivity index (χ0v) is 15.4. The second kappa shape index (κ2) is 8.04. The summed E-state index contributed by atoms with van der Waals surface area (Å²) >= 11 is 0. The van der Waals surface area contributed by atoms with E-state index in [1.165, 1.54) is 12.3 Å². The number of hydrogen-bond donors (Lipinski definition) is 1. The van der Waals surface area contributed by atoms with Crippen LogP contribution in [0.25, 0.3) is 10.9 Å². The average Bonchev–Trinajstić information content (AvgIpc) is 2.94. The summed E-state index contributed by atoms with van der Waals surface area (Å²) in [7, 11) is 0. The highest BCUT2D eigenvalue weighted by atomic mass is 19.3. The number of pyridine rings is 1. The maximum absolute atomic E-state index is 13.9. The summed E-state index contributed by atoms with van der Waals surface area (Å²) in [6.07, 6.45) is 1.76. The number of halogens is 3. The van der Waals surface area contributed by atoms with Gasteiger partial charge in [-0.25, -0.2) is 4.39 Å². The van der Waals surface area contributed by atoms with Crippen LogP contribution >= 0.6 is 0 Å². The van der Waals surface area contributed by atoms with Crippen LogP contribution in [0.4, 0.5) is 13.2 Å². The first-order valence-corrected chi connectivity index (χ1v) is 8.88. The van der Waals surface area contributed by atoms with Crippen molar-refractivity contribution in [3.8, 4) is 5.75 Å². The number of aromatic nitrogens is 1. The van der Waals surface area contributed by atoms with Gasteiger partial charge in [0.25, 0.3) is 5.91 Å². The highest BCUT2D eigenvalue weighted by Gasteiger charge is 2.33. The molecule has 3 rings (SSSR count). The van der Waals surface area contributed by atoms with Gasteiger partial charge in [0, 0.05) is 30.7 Å². The number of alkyl halides is 2. The van der Waals surface area contributed by atoms with Gasteiger partial charge in [0.1, 0.15) is 6.04 Å². The molecule has 0 aliphatic carbocycles. The zero-order valence-electron chi connectivity index (χ0n) is 15.4. The minimum atomic E-state index is -3.16. The third kappa shape index (κ3) is 4.35. The number of rotatable bonds is 6. The van der Waals surface area contributed by atoms with Crippen LogP contribution in [-0.4, -0.2) is 47.4 Å². The van der Waals surface area contributed by atoms with Gasteiger partial charge in [-0.05, 0) is 24.5 Å². The molecule has 0 unspecified atom stereocenters. The molecule has 28 heavy (non-hydrogen) atoms. The summed E-state index contributed by atoms with van der Waals surface area (Å²) in [6.45, 7) is 2.07. The fourth-order valence-electron chi connectivity index (χ4n) is 3.18. The summed E-state index contributed by atoms with van der Waals surface area (Å²) in [5, 5.41) is 2.93. The molecular formula is C19H20F3N3O3. The smallest absolute Gasteiger partial charge is 0.387 e. The molecule has 0 saturated carbocycles. The minimum absolute atomic E-state index is 0.129. The summed E-state index contributed by atoms with van der Waals surface area (Å²) < 4.78 is 42.6. The van der Waals surface area contributed by atoms with E-state index in [1.54, 1.807) is 4.90 Å². The Labute approximate surface area is 159 Å². The molecule has 1 aliphatic heterocycles. The number of nitrogens with one attached hydrogen (secondary N) is 1. The van der Waals surface area contributed by atoms with Crippen molar-refractivity contribution < 1.29 is 27.5 Å². The quantitative estimate of drug-likeness (QED) is 0.816. The predicted octanol–water partition coefficient (Wildman–Crippen LogP) is 2.96. The minimum Gasteiger partial charge on any atom is -0.432 e. The summed E-state index contributed by atoms with van der Waals surface area (Å²) in [4.78, 5) is 30.6. The van der Waals surface area contributed by atoms with Crippen LogP contribution in [0.5, 0.6) is 5.75 Å². The standard InChI is InChI=1S/C19H20F3N3O3/c1-10(2)9-25-4-3-14(18(25)27)24-17(26)12-5-11-6-13(20)16(28-19(21)22)7-15(11)23-8-12/h5-8,10,14,19H,3-4,9H2,1-2H3,(H,24,26)/t14-/m0/s1. The van der Waals surface area contributed by atoms with Gasteiger partial charge in [0.2, 0.25) is 5.91 Å². The first-order chi connectivity index (χ1) is 13.2. The van der Waals surface area contributed by atoms with E-state index in [-0.39, 0.29) is 22.4 Å². The Bertz CT molecular complexity index is 905. The molecule has 150 valence electrons.